The third-order valence-corrected chi connectivity index (χ3v) is 3.54. The molecule has 3 rings (SSSR count). The molecule has 0 fully saturated rings. The van der Waals surface area contributed by atoms with Crippen LogP contribution >= 0.6 is 11.6 Å². The molecule has 2 nitrogen and oxygen atoms in total. The molecule has 0 N–H and O–H groups in total. The summed E-state index contributed by atoms with van der Waals surface area (Å²) in [5.41, 5.74) is 4.56. The molecular formula is C17H15ClN2. The Hall–Kier alpha value is -1.93. The van der Waals surface area contributed by atoms with Gasteiger partial charge in [0.1, 0.15) is 5.15 Å². The average molecular weight is 283 g/mol. The molecule has 20 heavy (non-hydrogen) atoms. The maximum atomic E-state index is 5.85. The fourth-order valence-electron chi connectivity index (χ4n) is 2.36. The molecule has 0 saturated carbocycles. The highest BCUT2D eigenvalue weighted by Gasteiger charge is 2.14. The summed E-state index contributed by atoms with van der Waals surface area (Å²) in [6, 6.07) is 14.2. The SMILES string of the molecule is Clc1ccc(C2=NCCC/C2=C\c2ccccc2)cn1. The maximum Gasteiger partial charge on any atom is 0.129 e. The smallest absolute Gasteiger partial charge is 0.129 e. The summed E-state index contributed by atoms with van der Waals surface area (Å²) in [5.74, 6) is 0. The third-order valence-electron chi connectivity index (χ3n) is 3.32. The highest BCUT2D eigenvalue weighted by atomic mass is 35.5. The minimum Gasteiger partial charge on any atom is -0.284 e. The van der Waals surface area contributed by atoms with E-state index in [1.54, 1.807) is 6.20 Å². The Morgan fingerprint density at radius 2 is 1.90 bits per heavy atom. The molecule has 100 valence electrons. The van der Waals surface area contributed by atoms with Gasteiger partial charge in [-0.3, -0.25) is 4.99 Å². The number of aliphatic imine (C=N–C) groups is 1. The first kappa shape index (κ1) is 13.1. The van der Waals surface area contributed by atoms with Crippen LogP contribution < -0.4 is 0 Å². The first-order valence-electron chi connectivity index (χ1n) is 6.75. The maximum absolute atomic E-state index is 5.85. The highest BCUT2D eigenvalue weighted by molar-refractivity contribution is 6.29. The van der Waals surface area contributed by atoms with E-state index in [0.29, 0.717) is 5.15 Å². The summed E-state index contributed by atoms with van der Waals surface area (Å²) in [5, 5.41) is 0.513. The van der Waals surface area contributed by atoms with Gasteiger partial charge in [0, 0.05) is 18.3 Å². The van der Waals surface area contributed by atoms with Gasteiger partial charge in [-0.25, -0.2) is 4.98 Å². The molecule has 1 aliphatic heterocycles. The van der Waals surface area contributed by atoms with E-state index >= 15 is 0 Å². The number of allylic oxidation sites excluding steroid dienone is 1. The quantitative estimate of drug-likeness (QED) is 0.750. The predicted octanol–water partition coefficient (Wildman–Crippen LogP) is 4.40. The van der Waals surface area contributed by atoms with Gasteiger partial charge in [-0.1, -0.05) is 41.9 Å². The largest absolute Gasteiger partial charge is 0.284 e. The number of nitrogens with zero attached hydrogens (tertiary/aromatic N) is 2. The van der Waals surface area contributed by atoms with Crippen molar-refractivity contribution in [3.63, 3.8) is 0 Å². The summed E-state index contributed by atoms with van der Waals surface area (Å²) in [7, 11) is 0. The lowest BCUT2D eigenvalue weighted by Gasteiger charge is -2.16. The van der Waals surface area contributed by atoms with E-state index in [0.717, 1.165) is 30.7 Å². The molecule has 0 unspecified atom stereocenters. The number of hydrogen-bond donors (Lipinski definition) is 0. The topological polar surface area (TPSA) is 25.2 Å². The normalized spacial score (nSPS) is 17.1. The molecule has 0 atom stereocenters. The lowest BCUT2D eigenvalue weighted by atomic mass is 9.95. The lowest BCUT2D eigenvalue weighted by molar-refractivity contribution is 0.818. The van der Waals surface area contributed by atoms with Crippen molar-refractivity contribution in [2.75, 3.05) is 6.54 Å². The van der Waals surface area contributed by atoms with Crippen molar-refractivity contribution in [2.45, 2.75) is 12.8 Å². The van der Waals surface area contributed by atoms with E-state index < -0.39 is 0 Å². The van der Waals surface area contributed by atoms with E-state index in [9.17, 15) is 0 Å². The van der Waals surface area contributed by atoms with Gasteiger partial charge in [-0.15, -0.1) is 0 Å². The van der Waals surface area contributed by atoms with Crippen molar-refractivity contribution in [3.8, 4) is 0 Å². The number of halogens is 1. The Kier molecular flexibility index (Phi) is 3.93. The summed E-state index contributed by atoms with van der Waals surface area (Å²) >= 11 is 5.85. The fraction of sp³-hybridized carbons (Fsp3) is 0.176. The molecule has 1 aromatic carbocycles. The first-order valence-corrected chi connectivity index (χ1v) is 7.13. The predicted molar refractivity (Wildman–Crippen MR) is 84.3 cm³/mol. The van der Waals surface area contributed by atoms with Crippen LogP contribution in [0.2, 0.25) is 5.15 Å². The molecule has 0 amide bonds. The molecule has 2 aromatic rings. The van der Waals surface area contributed by atoms with E-state index in [2.05, 4.69) is 40.3 Å². The Balaban J connectivity index is 1.97. The van der Waals surface area contributed by atoms with Crippen molar-refractivity contribution >= 4 is 23.4 Å². The average Bonchev–Trinajstić information content (AvgIpc) is 2.50. The van der Waals surface area contributed by atoms with Crippen molar-refractivity contribution in [2.24, 2.45) is 4.99 Å². The molecule has 1 aliphatic rings. The molecule has 1 aromatic heterocycles. The minimum atomic E-state index is 0.513. The molecular weight excluding hydrogens is 268 g/mol. The molecule has 0 spiro atoms. The second kappa shape index (κ2) is 6.02. The van der Waals surface area contributed by atoms with Crippen LogP contribution in [0.3, 0.4) is 0 Å². The van der Waals surface area contributed by atoms with Gasteiger partial charge >= 0.3 is 0 Å². The van der Waals surface area contributed by atoms with Crippen molar-refractivity contribution < 1.29 is 0 Å². The monoisotopic (exact) mass is 282 g/mol. The number of aromatic nitrogens is 1. The van der Waals surface area contributed by atoms with Crippen LogP contribution in [-0.2, 0) is 0 Å². The van der Waals surface area contributed by atoms with Crippen molar-refractivity contribution in [3.05, 3.63) is 70.5 Å². The number of rotatable bonds is 2. The van der Waals surface area contributed by atoms with Gasteiger partial charge in [0.15, 0.2) is 0 Å². The Bertz CT molecular complexity index is 642. The van der Waals surface area contributed by atoms with Gasteiger partial charge in [-0.05, 0) is 42.2 Å². The molecule has 0 saturated heterocycles. The number of pyridine rings is 1. The molecule has 0 radical (unpaired) electrons. The zero-order valence-corrected chi connectivity index (χ0v) is 11.8. The van der Waals surface area contributed by atoms with Gasteiger partial charge in [0.2, 0.25) is 0 Å². The zero-order valence-electron chi connectivity index (χ0n) is 11.1. The number of benzene rings is 1. The highest BCUT2D eigenvalue weighted by Crippen LogP contribution is 2.22. The Morgan fingerprint density at radius 3 is 2.65 bits per heavy atom. The Labute approximate surface area is 123 Å². The van der Waals surface area contributed by atoms with Crippen LogP contribution in [0.25, 0.3) is 6.08 Å². The zero-order chi connectivity index (χ0) is 13.8. The van der Waals surface area contributed by atoms with Crippen LogP contribution in [0, 0.1) is 0 Å². The lowest BCUT2D eigenvalue weighted by Crippen LogP contribution is -2.12. The summed E-state index contributed by atoms with van der Waals surface area (Å²) < 4.78 is 0. The molecule has 3 heteroatoms. The van der Waals surface area contributed by atoms with E-state index in [1.807, 2.05) is 18.2 Å². The first-order chi connectivity index (χ1) is 9.83. The van der Waals surface area contributed by atoms with Gasteiger partial charge in [-0.2, -0.15) is 0 Å². The summed E-state index contributed by atoms with van der Waals surface area (Å²) in [6.45, 7) is 0.879. The fourth-order valence-corrected chi connectivity index (χ4v) is 2.48. The van der Waals surface area contributed by atoms with Crippen LogP contribution in [0.4, 0.5) is 0 Å². The Morgan fingerprint density at radius 1 is 1.05 bits per heavy atom. The van der Waals surface area contributed by atoms with Crippen LogP contribution in [0.1, 0.15) is 24.0 Å². The molecule has 0 aliphatic carbocycles. The van der Waals surface area contributed by atoms with Gasteiger partial charge in [0.25, 0.3) is 0 Å². The van der Waals surface area contributed by atoms with E-state index in [1.165, 1.54) is 11.1 Å². The number of hydrogen-bond acceptors (Lipinski definition) is 2. The second-order valence-electron chi connectivity index (χ2n) is 4.78. The van der Waals surface area contributed by atoms with Crippen molar-refractivity contribution in [1.82, 2.24) is 4.98 Å². The van der Waals surface area contributed by atoms with Crippen LogP contribution in [0.15, 0.2) is 59.2 Å². The van der Waals surface area contributed by atoms with Gasteiger partial charge in [0.05, 0.1) is 5.71 Å². The van der Waals surface area contributed by atoms with Crippen molar-refractivity contribution in [1.29, 1.82) is 0 Å². The molecule has 0 bridgehead atoms. The van der Waals surface area contributed by atoms with Gasteiger partial charge < -0.3 is 0 Å². The minimum absolute atomic E-state index is 0.513. The second-order valence-corrected chi connectivity index (χ2v) is 5.17. The van der Waals surface area contributed by atoms with E-state index in [4.69, 9.17) is 11.6 Å². The standard InChI is InChI=1S/C17H15ClN2/c18-16-9-8-15(12-20-16)17-14(7-4-10-19-17)11-13-5-2-1-3-6-13/h1-3,5-6,8-9,11-12H,4,7,10H2/b14-11+. The van der Waals surface area contributed by atoms with Crippen LogP contribution in [0.5, 0.6) is 0 Å². The van der Waals surface area contributed by atoms with E-state index in [-0.39, 0.29) is 0 Å². The van der Waals surface area contributed by atoms with Crippen LogP contribution in [-0.4, -0.2) is 17.2 Å². The summed E-state index contributed by atoms with van der Waals surface area (Å²) in [4.78, 5) is 8.83. The molecule has 2 heterocycles. The summed E-state index contributed by atoms with van der Waals surface area (Å²) in [6.07, 6.45) is 6.16. The third kappa shape index (κ3) is 2.97.